The monoisotopic (exact) mass is 391 g/mol. The van der Waals surface area contributed by atoms with Gasteiger partial charge in [-0.2, -0.15) is 18.3 Å². The highest BCUT2D eigenvalue weighted by Crippen LogP contribution is 2.40. The van der Waals surface area contributed by atoms with Gasteiger partial charge in [-0.1, -0.05) is 11.6 Å². The zero-order valence-corrected chi connectivity index (χ0v) is 15.0. The van der Waals surface area contributed by atoms with Gasteiger partial charge < -0.3 is 10.2 Å². The average Bonchev–Trinajstić information content (AvgIpc) is 2.91. The van der Waals surface area contributed by atoms with Gasteiger partial charge in [-0.05, 0) is 20.2 Å². The summed E-state index contributed by atoms with van der Waals surface area (Å²) < 4.78 is 40.4. The number of nitrogens with zero attached hydrogens (tertiary/aromatic N) is 4. The number of alkyl halides is 3. The smallest absolute Gasteiger partial charge is 0.378 e. The van der Waals surface area contributed by atoms with E-state index in [0.29, 0.717) is 6.07 Å². The molecule has 1 aromatic carbocycles. The molecule has 0 aliphatic rings. The van der Waals surface area contributed by atoms with Gasteiger partial charge in [0.1, 0.15) is 5.69 Å². The molecular weight excluding hydrogens is 375 g/mol. The topological polar surface area (TPSA) is 76.2 Å². The van der Waals surface area contributed by atoms with Crippen molar-refractivity contribution in [1.82, 2.24) is 14.7 Å². The minimum Gasteiger partial charge on any atom is -0.378 e. The Morgan fingerprint density at radius 1 is 1.42 bits per heavy atom. The Morgan fingerprint density at radius 3 is 2.54 bits per heavy atom. The number of nitro groups is 1. The maximum atomic E-state index is 12.9. The lowest BCUT2D eigenvalue weighted by Gasteiger charge is -2.24. The average molecular weight is 392 g/mol. The molecule has 2 rings (SSSR count). The zero-order valence-electron chi connectivity index (χ0n) is 14.2. The Hall–Kier alpha value is -2.33. The molecule has 1 heterocycles. The van der Waals surface area contributed by atoms with E-state index in [1.807, 2.05) is 19.0 Å². The summed E-state index contributed by atoms with van der Waals surface area (Å²) in [7, 11) is 5.38. The van der Waals surface area contributed by atoms with Gasteiger partial charge in [0.05, 0.1) is 27.7 Å². The van der Waals surface area contributed by atoms with Crippen LogP contribution in [0.5, 0.6) is 0 Å². The van der Waals surface area contributed by atoms with Crippen molar-refractivity contribution in [3.63, 3.8) is 0 Å². The molecule has 0 radical (unpaired) electrons. The van der Waals surface area contributed by atoms with Gasteiger partial charge in [0.15, 0.2) is 0 Å². The molecule has 11 heteroatoms. The number of hydrogen-bond donors (Lipinski definition) is 1. The third-order valence-electron chi connectivity index (χ3n) is 3.81. The number of nitro benzene ring substituents is 1. The third-order valence-corrected chi connectivity index (χ3v) is 4.12. The van der Waals surface area contributed by atoms with Crippen LogP contribution in [0.1, 0.15) is 17.2 Å². The lowest BCUT2D eigenvalue weighted by molar-refractivity contribution is -0.384. The molecule has 0 spiro atoms. The molecule has 1 N–H and O–H groups in total. The number of hydrogen-bond acceptors (Lipinski definition) is 5. The Morgan fingerprint density at radius 2 is 2.08 bits per heavy atom. The van der Waals surface area contributed by atoms with Crippen LogP contribution in [-0.4, -0.2) is 40.2 Å². The number of benzene rings is 1. The lowest BCUT2D eigenvalue weighted by Crippen LogP contribution is -2.26. The second-order valence-corrected chi connectivity index (χ2v) is 6.32. The molecule has 0 saturated carbocycles. The minimum atomic E-state index is -4.78. The van der Waals surface area contributed by atoms with E-state index in [2.05, 4.69) is 10.4 Å². The van der Waals surface area contributed by atoms with Crippen LogP contribution in [0, 0.1) is 10.1 Å². The van der Waals surface area contributed by atoms with Crippen LogP contribution in [0.4, 0.5) is 24.5 Å². The first-order valence-corrected chi connectivity index (χ1v) is 7.82. The molecule has 0 bridgehead atoms. The highest BCUT2D eigenvalue weighted by Gasteiger charge is 2.36. The second-order valence-electron chi connectivity index (χ2n) is 5.91. The molecule has 142 valence electrons. The summed E-state index contributed by atoms with van der Waals surface area (Å²) in [6.45, 7) is 0.210. The molecule has 7 nitrogen and oxygen atoms in total. The largest absolute Gasteiger partial charge is 0.418 e. The normalized spacial score (nSPS) is 13.1. The third kappa shape index (κ3) is 4.44. The molecule has 26 heavy (non-hydrogen) atoms. The molecular formula is C15H17ClF3N5O2. The number of anilines is 1. The van der Waals surface area contributed by atoms with Gasteiger partial charge in [0.25, 0.3) is 5.69 Å². The van der Waals surface area contributed by atoms with Crippen molar-refractivity contribution in [2.45, 2.75) is 12.2 Å². The van der Waals surface area contributed by atoms with Crippen LogP contribution < -0.4 is 5.32 Å². The first-order chi connectivity index (χ1) is 12.0. The number of halogens is 4. The summed E-state index contributed by atoms with van der Waals surface area (Å²) in [5.41, 5.74) is -1.16. The molecule has 0 aliphatic carbocycles. The van der Waals surface area contributed by atoms with Crippen molar-refractivity contribution in [2.24, 2.45) is 7.05 Å². The van der Waals surface area contributed by atoms with E-state index in [1.54, 1.807) is 24.1 Å². The summed E-state index contributed by atoms with van der Waals surface area (Å²) in [6, 6.07) is 1.17. The predicted molar refractivity (Wildman–Crippen MR) is 91.2 cm³/mol. The Kier molecular flexibility index (Phi) is 5.77. The summed E-state index contributed by atoms with van der Waals surface area (Å²) in [5.74, 6) is 0. The first kappa shape index (κ1) is 20.0. The predicted octanol–water partition coefficient (Wildman–Crippen LogP) is 3.72. The molecule has 0 saturated heterocycles. The summed E-state index contributed by atoms with van der Waals surface area (Å²) in [5, 5.41) is 17.5. The fraction of sp³-hybridized carbons (Fsp3) is 0.400. The molecule has 0 aliphatic heterocycles. The number of likely N-dealkylation sites (N-methyl/N-ethyl adjacent to an activating group) is 1. The van der Waals surface area contributed by atoms with Crippen LogP contribution in [0.2, 0.25) is 5.02 Å². The molecule has 1 atom stereocenters. The lowest BCUT2D eigenvalue weighted by atomic mass is 10.1. The van der Waals surface area contributed by atoms with Crippen molar-refractivity contribution in [3.05, 3.63) is 50.8 Å². The van der Waals surface area contributed by atoms with Crippen LogP contribution in [0.15, 0.2) is 24.5 Å². The van der Waals surface area contributed by atoms with Crippen LogP contribution in [0.25, 0.3) is 0 Å². The van der Waals surface area contributed by atoms with Gasteiger partial charge in [-0.3, -0.25) is 14.8 Å². The fourth-order valence-electron chi connectivity index (χ4n) is 2.49. The van der Waals surface area contributed by atoms with E-state index < -0.39 is 27.4 Å². The van der Waals surface area contributed by atoms with E-state index in [-0.39, 0.29) is 18.3 Å². The Balaban J connectivity index is 2.33. The van der Waals surface area contributed by atoms with Gasteiger partial charge in [0, 0.05) is 31.4 Å². The number of aromatic nitrogens is 2. The van der Waals surface area contributed by atoms with Crippen LogP contribution in [0.3, 0.4) is 0 Å². The number of aryl methyl sites for hydroxylation is 1. The van der Waals surface area contributed by atoms with Crippen molar-refractivity contribution >= 4 is 23.0 Å². The number of nitrogens with one attached hydrogen (secondary N) is 1. The fourth-order valence-corrected chi connectivity index (χ4v) is 2.76. The molecule has 2 aromatic rings. The van der Waals surface area contributed by atoms with Crippen molar-refractivity contribution in [1.29, 1.82) is 0 Å². The SMILES string of the molecule is CN(C)C(CNc1cc(Cl)c(C(F)(F)F)cc1[N+](=O)[O-])c1cnn(C)c1. The van der Waals surface area contributed by atoms with Crippen LogP contribution >= 0.6 is 11.6 Å². The molecule has 1 aromatic heterocycles. The zero-order chi connectivity index (χ0) is 19.6. The van der Waals surface area contributed by atoms with Gasteiger partial charge in [-0.25, -0.2) is 0 Å². The van der Waals surface area contributed by atoms with Crippen molar-refractivity contribution < 1.29 is 18.1 Å². The van der Waals surface area contributed by atoms with Gasteiger partial charge >= 0.3 is 6.18 Å². The maximum absolute atomic E-state index is 12.9. The Bertz CT molecular complexity index is 807. The standard InChI is InChI=1S/C15H17ClF3N5O2/c1-22(2)14(9-6-21-23(3)8-9)7-20-12-5-11(16)10(15(17,18)19)4-13(12)24(25)26/h4-6,8,14,20H,7H2,1-3H3. The quantitative estimate of drug-likeness (QED) is 0.600. The van der Waals surface area contributed by atoms with E-state index in [1.165, 1.54) is 0 Å². The highest BCUT2D eigenvalue weighted by atomic mass is 35.5. The maximum Gasteiger partial charge on any atom is 0.418 e. The van der Waals surface area contributed by atoms with Crippen LogP contribution in [-0.2, 0) is 13.2 Å². The highest BCUT2D eigenvalue weighted by molar-refractivity contribution is 6.31. The summed E-state index contributed by atoms with van der Waals surface area (Å²) >= 11 is 5.68. The van der Waals surface area contributed by atoms with E-state index in [4.69, 9.17) is 11.6 Å². The minimum absolute atomic E-state index is 0.0799. The first-order valence-electron chi connectivity index (χ1n) is 7.44. The summed E-state index contributed by atoms with van der Waals surface area (Å²) in [6.07, 6.45) is -1.33. The molecule has 0 fully saturated rings. The Labute approximate surface area is 152 Å². The van der Waals surface area contributed by atoms with Crippen molar-refractivity contribution in [2.75, 3.05) is 26.0 Å². The van der Waals surface area contributed by atoms with E-state index in [0.717, 1.165) is 11.6 Å². The molecule has 1 unspecified atom stereocenters. The van der Waals surface area contributed by atoms with Gasteiger partial charge in [-0.15, -0.1) is 0 Å². The van der Waals surface area contributed by atoms with Crippen molar-refractivity contribution in [3.8, 4) is 0 Å². The molecule has 0 amide bonds. The van der Waals surface area contributed by atoms with E-state index >= 15 is 0 Å². The summed E-state index contributed by atoms with van der Waals surface area (Å²) in [4.78, 5) is 12.2. The van der Waals surface area contributed by atoms with Gasteiger partial charge in [0.2, 0.25) is 0 Å². The second kappa shape index (κ2) is 7.50. The van der Waals surface area contributed by atoms with E-state index in [9.17, 15) is 23.3 Å². The number of rotatable bonds is 6.